The van der Waals surface area contributed by atoms with Crippen LogP contribution in [0.3, 0.4) is 0 Å². The molecule has 172 valence electrons. The van der Waals surface area contributed by atoms with Crippen LogP contribution in [-0.2, 0) is 4.74 Å². The number of nitrogens with zero attached hydrogens (tertiary/aromatic N) is 3. The average molecular weight is 442 g/mol. The molecule has 6 rings (SSSR count). The molecule has 1 aromatic heterocycles. The second-order valence-corrected chi connectivity index (χ2v) is 10.9. The third kappa shape index (κ3) is 3.41. The largest absolute Gasteiger partial charge is 0.359 e. The van der Waals surface area contributed by atoms with Crippen molar-refractivity contribution >= 4 is 16.3 Å². The third-order valence-corrected chi connectivity index (χ3v) is 8.93. The van der Waals surface area contributed by atoms with Crippen molar-refractivity contribution in [1.29, 1.82) is 0 Å². The molecule has 1 aromatic carbocycles. The van der Waals surface area contributed by atoms with E-state index in [1.165, 1.54) is 36.0 Å². The van der Waals surface area contributed by atoms with Gasteiger partial charge in [0.05, 0.1) is 23.6 Å². The molecule has 0 amide bonds. The highest BCUT2D eigenvalue weighted by atomic mass is 16.5. The minimum Gasteiger partial charge on any atom is -0.359 e. The highest BCUT2D eigenvalue weighted by molar-refractivity contribution is 5.85. The molecule has 2 aliphatic carbocycles. The van der Waals surface area contributed by atoms with Crippen molar-refractivity contribution in [3.63, 3.8) is 0 Å². The highest BCUT2D eigenvalue weighted by Gasteiger charge is 2.58. The van der Waals surface area contributed by atoms with Crippen LogP contribution in [0.4, 0.5) is 0 Å². The maximum Gasteiger partial charge on any atom is 0.0969 e. The Morgan fingerprint density at radius 3 is 2.73 bits per heavy atom. The van der Waals surface area contributed by atoms with Gasteiger partial charge in [0.25, 0.3) is 0 Å². The maximum atomic E-state index is 7.26. The summed E-state index contributed by atoms with van der Waals surface area (Å²) in [5.41, 5.74) is 5.63. The lowest BCUT2D eigenvalue weighted by Crippen LogP contribution is -2.50. The Hall–Kier alpha value is -2.30. The zero-order valence-corrected chi connectivity index (χ0v) is 20.2. The van der Waals surface area contributed by atoms with E-state index in [0.717, 1.165) is 42.9 Å². The molecule has 4 atom stereocenters. The fraction of sp³-hybridized carbons (Fsp3) is 0.517. The van der Waals surface area contributed by atoms with Crippen molar-refractivity contribution in [2.45, 2.75) is 75.5 Å². The molecule has 4 aliphatic rings. The quantitative estimate of drug-likeness (QED) is 0.564. The van der Waals surface area contributed by atoms with Gasteiger partial charge in [-0.15, -0.1) is 0 Å². The second-order valence-electron chi connectivity index (χ2n) is 10.9. The van der Waals surface area contributed by atoms with E-state index in [0.29, 0.717) is 12.0 Å². The first kappa shape index (κ1) is 21.2. The molecule has 1 unspecified atom stereocenters. The van der Waals surface area contributed by atoms with Crippen LogP contribution in [0.1, 0.15) is 63.9 Å². The number of rotatable bonds is 2. The van der Waals surface area contributed by atoms with Crippen LogP contribution < -0.4 is 0 Å². The van der Waals surface area contributed by atoms with Gasteiger partial charge < -0.3 is 9.64 Å². The molecule has 2 aliphatic heterocycles. The molecule has 3 heterocycles. The summed E-state index contributed by atoms with van der Waals surface area (Å²) in [7, 11) is 4.45. The van der Waals surface area contributed by atoms with E-state index >= 15 is 0 Å². The zero-order valence-electron chi connectivity index (χ0n) is 20.2. The normalized spacial score (nSPS) is 37.0. The van der Waals surface area contributed by atoms with E-state index in [4.69, 9.17) is 4.74 Å². The molecule has 2 bridgehead atoms. The predicted molar refractivity (Wildman–Crippen MR) is 134 cm³/mol. The first-order valence-corrected chi connectivity index (χ1v) is 12.7. The highest BCUT2D eigenvalue weighted by Crippen LogP contribution is 2.59. The van der Waals surface area contributed by atoms with Crippen LogP contribution in [0.15, 0.2) is 60.0 Å². The fourth-order valence-electron chi connectivity index (χ4n) is 6.84. The number of fused-ring (bicyclic) bond motifs is 1. The van der Waals surface area contributed by atoms with Crippen molar-refractivity contribution in [2.75, 3.05) is 14.1 Å². The fourth-order valence-corrected chi connectivity index (χ4v) is 6.84. The topological polar surface area (TPSA) is 38.2 Å². The van der Waals surface area contributed by atoms with Gasteiger partial charge >= 0.3 is 0 Å². The van der Waals surface area contributed by atoms with E-state index < -0.39 is 0 Å². The first-order valence-electron chi connectivity index (χ1n) is 12.7. The van der Waals surface area contributed by atoms with Gasteiger partial charge in [0.2, 0.25) is 0 Å². The molecule has 33 heavy (non-hydrogen) atoms. The van der Waals surface area contributed by atoms with Gasteiger partial charge in [-0.2, -0.15) is 10.2 Å². The Morgan fingerprint density at radius 2 is 1.88 bits per heavy atom. The lowest BCUT2D eigenvalue weighted by Gasteiger charge is -2.49. The first-order chi connectivity index (χ1) is 16.0. The van der Waals surface area contributed by atoms with E-state index in [1.54, 1.807) is 5.57 Å². The van der Waals surface area contributed by atoms with Crippen molar-refractivity contribution in [2.24, 2.45) is 5.92 Å². The molecule has 1 saturated carbocycles. The molecule has 2 aromatic rings. The molecule has 1 saturated heterocycles. The van der Waals surface area contributed by atoms with E-state index in [-0.39, 0.29) is 11.2 Å². The van der Waals surface area contributed by atoms with Crippen molar-refractivity contribution in [3.8, 4) is 0 Å². The molecular formula is C29H35N3O. The van der Waals surface area contributed by atoms with Gasteiger partial charge in [0.1, 0.15) is 0 Å². The zero-order chi connectivity index (χ0) is 22.6. The Bertz CT molecular complexity index is 1180. The molecule has 4 nitrogen and oxygen atoms in total. The monoisotopic (exact) mass is 441 g/mol. The number of benzene rings is 1. The lowest BCUT2D eigenvalue weighted by molar-refractivity contribution is -0.113. The summed E-state index contributed by atoms with van der Waals surface area (Å²) in [5, 5.41) is 10.4. The van der Waals surface area contributed by atoms with Gasteiger partial charge in [-0.1, -0.05) is 37.3 Å². The van der Waals surface area contributed by atoms with Crippen LogP contribution >= 0.6 is 0 Å². The molecule has 2 spiro atoms. The van der Waals surface area contributed by atoms with Gasteiger partial charge in [-0.05, 0) is 99.7 Å². The summed E-state index contributed by atoms with van der Waals surface area (Å²) in [4.78, 5) is 2.40. The minimum absolute atomic E-state index is 0.0290. The predicted octanol–water partition coefficient (Wildman–Crippen LogP) is 6.10. The van der Waals surface area contributed by atoms with E-state index in [9.17, 15) is 0 Å². The van der Waals surface area contributed by atoms with Crippen LogP contribution in [-0.4, -0.2) is 46.4 Å². The molecular weight excluding hydrogens is 406 g/mol. The SMILES string of the molecule is C[C@H]1C/C=C(/c2ccc3cnncc3c2)CC/C=C2/C=C3CCC(N(C)C)C[C@]34CC[C@@]21O4. The van der Waals surface area contributed by atoms with Crippen molar-refractivity contribution in [1.82, 2.24) is 15.1 Å². The molecule has 4 heteroatoms. The summed E-state index contributed by atoms with van der Waals surface area (Å²) in [5.74, 6) is 0.458. The summed E-state index contributed by atoms with van der Waals surface area (Å²) in [6.07, 6.45) is 20.3. The Kier molecular flexibility index (Phi) is 5.08. The number of hydrogen-bond acceptors (Lipinski definition) is 4. The number of ether oxygens (including phenoxy) is 1. The number of hydrogen-bond donors (Lipinski definition) is 0. The van der Waals surface area contributed by atoms with Crippen molar-refractivity contribution < 1.29 is 4.74 Å². The van der Waals surface area contributed by atoms with Crippen LogP contribution in [0, 0.1) is 5.92 Å². The lowest BCUT2D eigenvalue weighted by atomic mass is 9.74. The van der Waals surface area contributed by atoms with Crippen LogP contribution in [0.25, 0.3) is 16.3 Å². The smallest absolute Gasteiger partial charge is 0.0969 e. The van der Waals surface area contributed by atoms with Gasteiger partial charge in [-0.25, -0.2) is 0 Å². The van der Waals surface area contributed by atoms with E-state index in [2.05, 4.69) is 72.5 Å². The molecule has 2 fully saturated rings. The standard InChI is InChI=1S/C29H35N3O/c1-20-7-8-21(22-9-10-23-18-30-31-19-24(23)15-22)5-4-6-26-16-25-11-12-27(32(2)3)17-28(25)13-14-29(20,26)33-28/h6,8-10,15-16,18-20,27H,4-5,7,11-14,17H2,1-3H3/b21-8+,26-6-/t20-,27?,28+,29-/m0/s1. The minimum atomic E-state index is -0.122. The van der Waals surface area contributed by atoms with Crippen LogP contribution in [0.2, 0.25) is 0 Å². The average Bonchev–Trinajstić information content (AvgIpc) is 3.18. The van der Waals surface area contributed by atoms with Crippen molar-refractivity contribution in [3.05, 3.63) is 65.5 Å². The van der Waals surface area contributed by atoms with Gasteiger partial charge in [-0.3, -0.25) is 0 Å². The summed E-state index contributed by atoms with van der Waals surface area (Å²) < 4.78 is 7.26. The summed E-state index contributed by atoms with van der Waals surface area (Å²) in [6, 6.07) is 7.32. The van der Waals surface area contributed by atoms with Crippen LogP contribution in [0.5, 0.6) is 0 Å². The number of aromatic nitrogens is 2. The molecule has 0 N–H and O–H groups in total. The number of allylic oxidation sites excluding steroid dienone is 3. The van der Waals surface area contributed by atoms with E-state index in [1.807, 2.05) is 12.4 Å². The van der Waals surface area contributed by atoms with Gasteiger partial charge in [0.15, 0.2) is 0 Å². The summed E-state index contributed by atoms with van der Waals surface area (Å²) in [6.45, 7) is 2.41. The Balaban J connectivity index is 1.33. The van der Waals surface area contributed by atoms with Gasteiger partial charge in [0, 0.05) is 16.8 Å². The maximum absolute atomic E-state index is 7.26. The molecule has 0 radical (unpaired) electrons. The summed E-state index contributed by atoms with van der Waals surface area (Å²) >= 11 is 0. The third-order valence-electron chi connectivity index (χ3n) is 8.93. The second kappa shape index (κ2) is 7.89. The Labute approximate surface area is 197 Å². The Morgan fingerprint density at radius 1 is 1.03 bits per heavy atom.